The summed E-state index contributed by atoms with van der Waals surface area (Å²) in [6, 6.07) is 138. The summed E-state index contributed by atoms with van der Waals surface area (Å²) in [6.45, 7) is 35.7. The average molecular weight is 1680 g/mol. The van der Waals surface area contributed by atoms with E-state index in [1.165, 1.54) is 164 Å². The molecule has 0 atom stereocenters. The van der Waals surface area contributed by atoms with E-state index in [2.05, 4.69) is 475 Å². The predicted molar refractivity (Wildman–Crippen MR) is 565 cm³/mol. The fourth-order valence-corrected chi connectivity index (χ4v) is 22.9. The molecule has 2 aromatic heterocycles. The normalized spacial score (nSPS) is 13.4. The van der Waals surface area contributed by atoms with E-state index in [9.17, 15) is 0 Å². The molecule has 0 bridgehead atoms. The summed E-state index contributed by atoms with van der Waals surface area (Å²) >= 11 is 0. The van der Waals surface area contributed by atoms with Crippen LogP contribution in [-0.2, 0) is 27.1 Å². The Bertz CT molecular complexity index is 7880. The van der Waals surface area contributed by atoms with Crippen molar-refractivity contribution in [1.29, 1.82) is 0 Å². The van der Waals surface area contributed by atoms with Crippen LogP contribution in [0.25, 0.3) is 186 Å². The summed E-state index contributed by atoms with van der Waals surface area (Å²) in [5, 5.41) is 20.7. The Hall–Kier alpha value is -14.5. The summed E-state index contributed by atoms with van der Waals surface area (Å²) in [6.07, 6.45) is 0. The van der Waals surface area contributed by atoms with Crippen LogP contribution in [0.2, 0.25) is 0 Å². The van der Waals surface area contributed by atoms with Crippen LogP contribution in [0.15, 0.2) is 352 Å². The van der Waals surface area contributed by atoms with Gasteiger partial charge in [0, 0.05) is 77.9 Å². The lowest BCUT2D eigenvalue weighted by Gasteiger charge is -2.46. The van der Waals surface area contributed by atoms with E-state index in [4.69, 9.17) is 0 Å². The molecule has 0 spiro atoms. The Morgan fingerprint density at radius 2 is 0.473 bits per heavy atom. The van der Waals surface area contributed by atoms with Gasteiger partial charge in [-0.3, -0.25) is 0 Å². The number of rotatable bonds is 10. The van der Waals surface area contributed by atoms with Gasteiger partial charge >= 0.3 is 0 Å². The lowest BCUT2D eigenvalue weighted by atomic mass is 9.33. The second-order valence-corrected chi connectivity index (χ2v) is 42.8. The van der Waals surface area contributed by atoms with E-state index < -0.39 is 5.41 Å². The van der Waals surface area contributed by atoms with Gasteiger partial charge in [-0.25, -0.2) is 0 Å². The molecule has 2 aliphatic heterocycles. The highest BCUT2D eigenvalue weighted by atomic mass is 15.2. The lowest BCUT2D eigenvalue weighted by Crippen LogP contribution is -2.61. The van der Waals surface area contributed by atoms with E-state index >= 15 is 0 Å². The molecule has 4 heterocycles. The number of hydrogen-bond acceptors (Lipinski definition) is 2. The minimum absolute atomic E-state index is 0.209. The highest BCUT2D eigenvalue weighted by Gasteiger charge is 2.47. The molecule has 0 saturated carbocycles. The van der Waals surface area contributed by atoms with E-state index in [0.29, 0.717) is 0 Å². The first-order valence-corrected chi connectivity index (χ1v) is 47.0. The zero-order valence-corrected chi connectivity index (χ0v) is 77.4. The molecule has 0 unspecified atom stereocenters. The first-order chi connectivity index (χ1) is 63.1. The molecule has 630 valence electrons. The van der Waals surface area contributed by atoms with Crippen molar-refractivity contribution in [1.82, 2.24) is 9.13 Å². The van der Waals surface area contributed by atoms with Gasteiger partial charge in [0.2, 0.25) is 0 Å². The summed E-state index contributed by atoms with van der Waals surface area (Å²) in [5.74, 6) is 0. The second-order valence-electron chi connectivity index (χ2n) is 42.8. The molecule has 131 heavy (non-hydrogen) atoms. The van der Waals surface area contributed by atoms with Gasteiger partial charge in [-0.2, -0.15) is 0 Å². The van der Waals surface area contributed by atoms with Crippen LogP contribution in [0, 0.1) is 0 Å². The molecular weight excluding hydrogens is 1580 g/mol. The molecule has 0 aliphatic carbocycles. The molecule has 0 saturated heterocycles. The van der Waals surface area contributed by atoms with Crippen molar-refractivity contribution in [2.75, 3.05) is 9.80 Å². The van der Waals surface area contributed by atoms with Crippen molar-refractivity contribution in [2.45, 2.75) is 131 Å². The van der Waals surface area contributed by atoms with Crippen molar-refractivity contribution < 1.29 is 0 Å². The SMILES string of the molecule is CC(C)(C)c1cc(-c2cc(-c3ccccc3)cc(-c3ccccc3)c2N2c3cc(-n4c5ccc6cccc7c8cccc9ccc4c(c98)c5c67)ccc3B3c4ccc(-n5c6ccc7cccc8c9cccc%10ccc5c(c%109)c6c78)cc4N(c4c(-c5ccccc5)cc(-c5ccccc5)cc4-c4cc(C(C)(C)C)cc(C(C)(C)C)c4)c4cc(C(C)(C)C)cc2c43)cc(C(C)(C)C)c1. The molecule has 21 aromatic carbocycles. The van der Waals surface area contributed by atoms with Crippen LogP contribution in [0.3, 0.4) is 0 Å². The maximum atomic E-state index is 2.82. The Morgan fingerprint density at radius 1 is 0.198 bits per heavy atom. The van der Waals surface area contributed by atoms with Crippen molar-refractivity contribution >= 4 is 165 Å². The second kappa shape index (κ2) is 28.0. The Balaban J connectivity index is 0.878. The topological polar surface area (TPSA) is 16.3 Å². The van der Waals surface area contributed by atoms with Gasteiger partial charge in [0.1, 0.15) is 0 Å². The maximum Gasteiger partial charge on any atom is 0.252 e. The summed E-state index contributed by atoms with van der Waals surface area (Å²) in [5.41, 5.74) is 36.4. The molecule has 5 heteroatoms. The number of nitrogens with zero attached hydrogens (tertiary/aromatic N) is 4. The fraction of sp³-hybridized carbons (Fsp3) is 0.159. The quantitative estimate of drug-likeness (QED) is 0.0771. The van der Waals surface area contributed by atoms with Gasteiger partial charge in [-0.1, -0.05) is 371 Å². The van der Waals surface area contributed by atoms with Crippen LogP contribution in [-0.4, -0.2) is 15.8 Å². The van der Waals surface area contributed by atoms with E-state index in [0.717, 1.165) is 101 Å². The van der Waals surface area contributed by atoms with E-state index in [-0.39, 0.29) is 28.4 Å². The number of fused-ring (bicyclic) bond motifs is 6. The molecule has 2 aliphatic rings. The third-order valence-corrected chi connectivity index (χ3v) is 29.6. The highest BCUT2D eigenvalue weighted by Crippen LogP contribution is 2.59. The molecule has 25 rings (SSSR count). The van der Waals surface area contributed by atoms with E-state index in [1.54, 1.807) is 0 Å². The Morgan fingerprint density at radius 3 is 0.763 bits per heavy atom. The first-order valence-electron chi connectivity index (χ1n) is 47.0. The largest absolute Gasteiger partial charge is 0.310 e. The minimum Gasteiger partial charge on any atom is -0.310 e. The van der Waals surface area contributed by atoms with Gasteiger partial charge in [0.05, 0.1) is 33.4 Å². The monoisotopic (exact) mass is 1680 g/mol. The Labute approximate surface area is 767 Å². The van der Waals surface area contributed by atoms with Crippen LogP contribution in [0.5, 0.6) is 0 Å². The summed E-state index contributed by atoms with van der Waals surface area (Å²) < 4.78 is 5.26. The molecular formula is C126H103BN4. The Kier molecular flexibility index (Phi) is 16.8. The highest BCUT2D eigenvalue weighted by molar-refractivity contribution is 7.00. The van der Waals surface area contributed by atoms with Crippen molar-refractivity contribution in [3.63, 3.8) is 0 Å². The van der Waals surface area contributed by atoms with Crippen LogP contribution >= 0.6 is 0 Å². The summed E-state index contributed by atoms with van der Waals surface area (Å²) in [7, 11) is 0. The number of aromatic nitrogens is 2. The third kappa shape index (κ3) is 11.9. The van der Waals surface area contributed by atoms with Gasteiger partial charge in [0.25, 0.3) is 6.71 Å². The fourth-order valence-electron chi connectivity index (χ4n) is 22.9. The number of anilines is 6. The number of benzene rings is 21. The third-order valence-electron chi connectivity index (χ3n) is 29.6. The first kappa shape index (κ1) is 78.7. The maximum absolute atomic E-state index is 2.82. The standard InChI is InChI=1S/C126H103BN4/c1-122(2,3)86-60-84(61-87(68-86)123(4,5)6)99-66-82(74-32-20-16-21-33-74)64-97(76-36-24-18-25-37-76)120(99)130-107-72-91(128-103-56-48-78-40-28-44-93-94-45-29-41-79-49-57-104(128)116(112(79)94)115(103)111(78)93)52-54-101(107)127-102-55-53-92(129-105-58-50-80-42-30-46-95-96-47-31-43-81-51-59-106(129)118(114(81)96)117(105)113(80)95)73-108(102)131(110-71-90(126(13,14)15)70-109(130)119(110)127)121-98(77-38-26-19-27-39-77)65-83(75-34-22-17-23-35-75)67-100(121)85-62-88(124(7,8)9)69-89(63-85)125(10,11)12/h16-73H,1-15H3. The van der Waals surface area contributed by atoms with Gasteiger partial charge in [-0.15, -0.1) is 0 Å². The van der Waals surface area contributed by atoms with Gasteiger partial charge in [-0.05, 0) is 265 Å². The minimum atomic E-state index is -0.421. The van der Waals surface area contributed by atoms with Crippen molar-refractivity contribution in [2.24, 2.45) is 0 Å². The summed E-state index contributed by atoms with van der Waals surface area (Å²) in [4.78, 5) is 5.63. The van der Waals surface area contributed by atoms with Crippen LogP contribution in [0.1, 0.15) is 132 Å². The smallest absolute Gasteiger partial charge is 0.252 e. The molecule has 0 N–H and O–H groups in total. The predicted octanol–water partition coefficient (Wildman–Crippen LogP) is 33.1. The zero-order chi connectivity index (χ0) is 89.1. The molecule has 0 radical (unpaired) electrons. The van der Waals surface area contributed by atoms with Crippen molar-refractivity contribution in [3.8, 4) is 78.1 Å². The van der Waals surface area contributed by atoms with Crippen LogP contribution in [0.4, 0.5) is 34.1 Å². The van der Waals surface area contributed by atoms with Crippen LogP contribution < -0.4 is 26.2 Å². The van der Waals surface area contributed by atoms with Gasteiger partial charge < -0.3 is 18.9 Å². The molecule has 4 nitrogen and oxygen atoms in total. The number of hydrogen-bond donors (Lipinski definition) is 0. The molecule has 0 amide bonds. The molecule has 0 fully saturated rings. The lowest BCUT2D eigenvalue weighted by molar-refractivity contribution is 0.568. The van der Waals surface area contributed by atoms with Crippen molar-refractivity contribution in [3.05, 3.63) is 380 Å². The average Bonchev–Trinajstić information content (AvgIpc) is 1.57. The van der Waals surface area contributed by atoms with E-state index in [1.807, 2.05) is 0 Å². The van der Waals surface area contributed by atoms with Gasteiger partial charge in [0.15, 0.2) is 0 Å². The molecule has 23 aromatic rings. The zero-order valence-electron chi connectivity index (χ0n) is 77.4.